The van der Waals surface area contributed by atoms with E-state index in [0.29, 0.717) is 28.7 Å². The first-order valence-corrected chi connectivity index (χ1v) is 12.3. The molecule has 0 spiro atoms. The number of benzene rings is 2. The number of carbonyl (C=O) groups excluding carboxylic acids is 2. The summed E-state index contributed by atoms with van der Waals surface area (Å²) in [7, 11) is 1.35. The first-order valence-electron chi connectivity index (χ1n) is 12.3. The lowest BCUT2D eigenvalue weighted by atomic mass is 9.84. The molecule has 2 aromatic carbocycles. The van der Waals surface area contributed by atoms with Crippen LogP contribution >= 0.6 is 0 Å². The predicted molar refractivity (Wildman–Crippen MR) is 131 cm³/mol. The third-order valence-corrected chi connectivity index (χ3v) is 6.95. The van der Waals surface area contributed by atoms with Crippen molar-refractivity contribution in [1.29, 1.82) is 0 Å². The highest BCUT2D eigenvalue weighted by Crippen LogP contribution is 2.32. The van der Waals surface area contributed by atoms with E-state index in [2.05, 4.69) is 29.3 Å². The Balaban J connectivity index is 1.48. The lowest BCUT2D eigenvalue weighted by Gasteiger charge is -2.22. The minimum atomic E-state index is -0.487. The summed E-state index contributed by atoms with van der Waals surface area (Å²) in [6, 6.07) is 13.2. The van der Waals surface area contributed by atoms with Crippen LogP contribution in [0.5, 0.6) is 0 Å². The monoisotopic (exact) mass is 443 g/mol. The van der Waals surface area contributed by atoms with E-state index in [4.69, 9.17) is 4.74 Å². The van der Waals surface area contributed by atoms with Gasteiger partial charge in [-0.05, 0) is 67.5 Å². The van der Waals surface area contributed by atoms with Crippen molar-refractivity contribution in [1.82, 2.24) is 0 Å². The van der Waals surface area contributed by atoms with Crippen LogP contribution in [0.15, 0.2) is 42.5 Å². The van der Waals surface area contributed by atoms with Gasteiger partial charge in [-0.25, -0.2) is 4.79 Å². The Morgan fingerprint density at radius 3 is 2.21 bits per heavy atom. The Bertz CT molecular complexity index is 1030. The molecular formula is C29H33NO3. The average Bonchev–Trinajstić information content (AvgIpc) is 2.88. The number of methoxy groups -OCH3 is 1. The third kappa shape index (κ3) is 6.05. The number of hydrogen-bond donors (Lipinski definition) is 1. The lowest BCUT2D eigenvalue weighted by molar-refractivity contribution is 0.0602. The van der Waals surface area contributed by atoms with E-state index in [-0.39, 0.29) is 5.91 Å². The van der Waals surface area contributed by atoms with Crippen LogP contribution in [0.2, 0.25) is 0 Å². The van der Waals surface area contributed by atoms with Crippen molar-refractivity contribution in [2.75, 3.05) is 12.4 Å². The molecule has 0 heterocycles. The molecule has 2 fully saturated rings. The summed E-state index contributed by atoms with van der Waals surface area (Å²) in [4.78, 5) is 25.3. The van der Waals surface area contributed by atoms with Gasteiger partial charge in [-0.3, -0.25) is 4.79 Å². The lowest BCUT2D eigenvalue weighted by Crippen LogP contribution is -2.16. The van der Waals surface area contributed by atoms with Gasteiger partial charge in [0.15, 0.2) is 0 Å². The van der Waals surface area contributed by atoms with E-state index in [1.807, 2.05) is 18.2 Å². The molecule has 2 saturated carbocycles. The van der Waals surface area contributed by atoms with E-state index >= 15 is 0 Å². The van der Waals surface area contributed by atoms with Crippen LogP contribution < -0.4 is 5.32 Å². The van der Waals surface area contributed by atoms with Gasteiger partial charge in [0.05, 0.1) is 18.4 Å². The first kappa shape index (κ1) is 23.1. The molecule has 0 unspecified atom stereocenters. The van der Waals surface area contributed by atoms with E-state index in [1.54, 1.807) is 12.1 Å². The topological polar surface area (TPSA) is 55.4 Å². The van der Waals surface area contributed by atoms with Crippen LogP contribution in [0.4, 0.5) is 5.69 Å². The molecule has 4 heteroatoms. The summed E-state index contributed by atoms with van der Waals surface area (Å²) in [6.07, 6.45) is 12.4. The van der Waals surface area contributed by atoms with Gasteiger partial charge in [-0.1, -0.05) is 62.5 Å². The van der Waals surface area contributed by atoms with Crippen LogP contribution in [0.1, 0.15) is 102 Å². The fraction of sp³-hybridized carbons (Fsp3) is 0.448. The average molecular weight is 444 g/mol. The van der Waals surface area contributed by atoms with E-state index in [9.17, 15) is 9.59 Å². The number of carbonyl (C=O) groups is 2. The molecule has 1 N–H and O–H groups in total. The number of anilines is 1. The molecule has 1 amide bonds. The molecule has 0 aromatic heterocycles. The van der Waals surface area contributed by atoms with Gasteiger partial charge in [0.2, 0.25) is 0 Å². The van der Waals surface area contributed by atoms with Gasteiger partial charge in [-0.2, -0.15) is 0 Å². The van der Waals surface area contributed by atoms with E-state index in [1.165, 1.54) is 64.0 Å². The fourth-order valence-electron chi connectivity index (χ4n) is 4.98. The second-order valence-electron chi connectivity index (χ2n) is 9.27. The van der Waals surface area contributed by atoms with Crippen LogP contribution in [-0.4, -0.2) is 19.0 Å². The van der Waals surface area contributed by atoms with Crippen molar-refractivity contribution < 1.29 is 14.3 Å². The second-order valence-corrected chi connectivity index (χ2v) is 9.27. The number of hydrogen-bond acceptors (Lipinski definition) is 3. The highest BCUT2D eigenvalue weighted by Gasteiger charge is 2.18. The van der Waals surface area contributed by atoms with Crippen molar-refractivity contribution in [3.8, 4) is 11.8 Å². The Hall–Kier alpha value is -3.06. The number of ether oxygens (including phenoxy) is 1. The molecule has 2 aromatic rings. The highest BCUT2D eigenvalue weighted by atomic mass is 16.5. The molecular weight excluding hydrogens is 410 g/mol. The molecule has 4 rings (SSSR count). The number of amides is 1. The number of rotatable bonds is 4. The van der Waals surface area contributed by atoms with Crippen molar-refractivity contribution in [2.24, 2.45) is 5.92 Å². The standard InChI is InChI=1S/C29H33NO3/c1-33-29(32)26-20-22(13-12-21-8-4-2-5-9-21)14-19-27(26)30-28(31)25-17-15-24(16-18-25)23-10-6-3-7-11-23/h14-21,23H,2-11H2,1H3,(H,30,31). The smallest absolute Gasteiger partial charge is 0.340 e. The summed E-state index contributed by atoms with van der Waals surface area (Å²) in [6.45, 7) is 0. The SMILES string of the molecule is COC(=O)c1cc(C#CC2CCCCC2)ccc1NC(=O)c1ccc(C2CCCCC2)cc1. The number of esters is 1. The van der Waals surface area contributed by atoms with Crippen LogP contribution in [0, 0.1) is 17.8 Å². The van der Waals surface area contributed by atoms with Crippen molar-refractivity contribution >= 4 is 17.6 Å². The van der Waals surface area contributed by atoms with Crippen LogP contribution in [0.3, 0.4) is 0 Å². The highest BCUT2D eigenvalue weighted by molar-refractivity contribution is 6.08. The maximum atomic E-state index is 12.9. The van der Waals surface area contributed by atoms with Gasteiger partial charge in [0.1, 0.15) is 0 Å². The second kappa shape index (κ2) is 11.2. The maximum Gasteiger partial charge on any atom is 0.340 e. The minimum absolute atomic E-state index is 0.239. The Labute approximate surface area is 197 Å². The summed E-state index contributed by atoms with van der Waals surface area (Å²) in [5.41, 5.74) is 3.40. The first-order chi connectivity index (χ1) is 16.1. The zero-order valence-electron chi connectivity index (χ0n) is 19.5. The van der Waals surface area contributed by atoms with Crippen molar-refractivity contribution in [3.63, 3.8) is 0 Å². The fourth-order valence-corrected chi connectivity index (χ4v) is 4.98. The quantitative estimate of drug-likeness (QED) is 0.422. The molecule has 33 heavy (non-hydrogen) atoms. The molecule has 0 atom stereocenters. The largest absolute Gasteiger partial charge is 0.465 e. The van der Waals surface area contributed by atoms with Gasteiger partial charge < -0.3 is 10.1 Å². The van der Waals surface area contributed by atoms with Gasteiger partial charge in [0.25, 0.3) is 5.91 Å². The summed E-state index contributed by atoms with van der Waals surface area (Å²) in [5.74, 6) is 6.87. The van der Waals surface area contributed by atoms with Crippen molar-refractivity contribution in [3.05, 3.63) is 64.7 Å². The Morgan fingerprint density at radius 2 is 1.55 bits per heavy atom. The molecule has 2 aliphatic rings. The normalized spacial score (nSPS) is 17.0. The molecule has 0 aliphatic heterocycles. The van der Waals surface area contributed by atoms with Gasteiger partial charge in [0, 0.05) is 17.0 Å². The van der Waals surface area contributed by atoms with E-state index in [0.717, 1.165) is 18.4 Å². The summed E-state index contributed by atoms with van der Waals surface area (Å²) in [5, 5.41) is 2.89. The van der Waals surface area contributed by atoms with Gasteiger partial charge >= 0.3 is 5.97 Å². The van der Waals surface area contributed by atoms with Crippen LogP contribution in [0.25, 0.3) is 0 Å². The summed E-state index contributed by atoms with van der Waals surface area (Å²) < 4.78 is 4.96. The molecule has 0 radical (unpaired) electrons. The predicted octanol–water partition coefficient (Wildman–Crippen LogP) is 6.71. The van der Waals surface area contributed by atoms with Crippen molar-refractivity contribution in [2.45, 2.75) is 70.1 Å². The number of nitrogens with one attached hydrogen (secondary N) is 1. The molecule has 0 saturated heterocycles. The zero-order chi connectivity index (χ0) is 23.0. The summed E-state index contributed by atoms with van der Waals surface area (Å²) >= 11 is 0. The minimum Gasteiger partial charge on any atom is -0.465 e. The molecule has 0 bridgehead atoms. The van der Waals surface area contributed by atoms with E-state index < -0.39 is 5.97 Å². The maximum absolute atomic E-state index is 12.9. The zero-order valence-corrected chi connectivity index (χ0v) is 19.5. The molecule has 4 nitrogen and oxygen atoms in total. The van der Waals surface area contributed by atoms with Gasteiger partial charge in [-0.15, -0.1) is 0 Å². The third-order valence-electron chi connectivity index (χ3n) is 6.95. The Morgan fingerprint density at radius 1 is 0.879 bits per heavy atom. The van der Waals surface area contributed by atoms with Crippen LogP contribution in [-0.2, 0) is 4.74 Å². The molecule has 2 aliphatic carbocycles. The Kier molecular flexibility index (Phi) is 7.83. The molecule has 172 valence electrons.